The molecule has 2 unspecified atom stereocenters. The van der Waals surface area contributed by atoms with E-state index in [0.29, 0.717) is 52.9 Å². The number of rotatable bonds is 16. The molecule has 14 nitrogen and oxygen atoms in total. The largest absolute Gasteiger partial charge is 0.493 e. The molecule has 4 aromatic rings. The summed E-state index contributed by atoms with van der Waals surface area (Å²) in [4.78, 5) is 32.5. The fourth-order valence-corrected chi connectivity index (χ4v) is 12.4. The quantitative estimate of drug-likeness (QED) is 0.0493. The molecule has 18 heteroatoms. The maximum atomic E-state index is 14.7. The standard InChI is InChI=1S/C51H53Cl3N4O10S/c1-7-16-63-45-28(3)46-48(68-26-67-46)42-34(45)19-38-43-41-29(17-27(2)44(62-6)47(41)66-25-61-5)18-37(57(43)4)39(20-55)58(38)40(42)21-64-49(59)36(56-50(60)65-24-51(52,53)54)23-69-22-35-32-14-10-8-12-30(32)31-13-9-11-15-33(31)35/h7-15,17,35-40,43H,1,16,18-19,21-26H2,2-6H3,(H,56,60)/t36-,37-,38?,39+,40+,43?/m1/s1. The van der Waals surface area contributed by atoms with Crippen LogP contribution in [0.3, 0.4) is 0 Å². The fraction of sp³-hybridized carbons (Fsp3) is 0.431. The average Bonchev–Trinajstić information content (AvgIpc) is 3.95. The van der Waals surface area contributed by atoms with Gasteiger partial charge >= 0.3 is 12.1 Å². The van der Waals surface area contributed by atoms with Crippen molar-refractivity contribution in [1.29, 1.82) is 5.26 Å². The third kappa shape index (κ3) is 9.14. The Morgan fingerprint density at radius 3 is 2.35 bits per heavy atom. The zero-order valence-electron chi connectivity index (χ0n) is 38.9. The third-order valence-electron chi connectivity index (χ3n) is 13.8. The number of hydrogen-bond acceptors (Lipinski definition) is 14. The SMILES string of the molecule is C=CCOc1c(C)c2c(c3c1CC1C4c5c(cc(C)c(OC)c5OCOC)C[C@H]([C@H](C#N)N1[C@H]3COC(=O)[C@@H](CSCC1c3ccccc3-c3ccccc31)NC(=O)OCC(Cl)(Cl)Cl)N4C)OCO2. The van der Waals surface area contributed by atoms with Gasteiger partial charge in [-0.25, -0.2) is 9.59 Å². The minimum Gasteiger partial charge on any atom is -0.493 e. The van der Waals surface area contributed by atoms with Crippen LogP contribution in [0.4, 0.5) is 4.79 Å². The van der Waals surface area contributed by atoms with Crippen LogP contribution in [0.5, 0.6) is 28.7 Å². The predicted molar refractivity (Wildman–Crippen MR) is 263 cm³/mol. The van der Waals surface area contributed by atoms with Gasteiger partial charge in [0.25, 0.3) is 0 Å². The summed E-state index contributed by atoms with van der Waals surface area (Å²) in [7, 11) is 5.22. The number of thioether (sulfide) groups is 1. The van der Waals surface area contributed by atoms with Crippen molar-refractivity contribution in [1.82, 2.24) is 15.1 Å². The second-order valence-electron chi connectivity index (χ2n) is 17.7. The number of carbonyl (C=O) groups excluding carboxylic acids is 2. The highest BCUT2D eigenvalue weighted by molar-refractivity contribution is 7.99. The number of alkyl halides is 3. The van der Waals surface area contributed by atoms with Crippen LogP contribution in [0.1, 0.15) is 62.5 Å². The van der Waals surface area contributed by atoms with Crippen LogP contribution in [0.2, 0.25) is 0 Å². The molecule has 0 spiro atoms. The molecule has 0 saturated carbocycles. The molecule has 6 atom stereocenters. The van der Waals surface area contributed by atoms with Crippen LogP contribution in [-0.4, -0.2) is 116 Å². The first-order valence-corrected chi connectivity index (χ1v) is 24.9. The molecule has 4 aliphatic heterocycles. The van der Waals surface area contributed by atoms with E-state index >= 15 is 0 Å². The topological polar surface area (TPSA) is 150 Å². The number of nitrogens with zero attached hydrogens (tertiary/aromatic N) is 3. The highest BCUT2D eigenvalue weighted by atomic mass is 35.6. The molecule has 0 radical (unpaired) electrons. The van der Waals surface area contributed by atoms with E-state index in [1.54, 1.807) is 20.3 Å². The van der Waals surface area contributed by atoms with Crippen LogP contribution in [0.25, 0.3) is 11.1 Å². The summed E-state index contributed by atoms with van der Waals surface area (Å²) < 4.78 is 46.5. The van der Waals surface area contributed by atoms with Gasteiger partial charge in [0.05, 0.1) is 25.3 Å². The van der Waals surface area contributed by atoms with Gasteiger partial charge in [-0.15, -0.1) is 0 Å². The number of piperazine rings is 1. The lowest BCUT2D eigenvalue weighted by Crippen LogP contribution is -2.68. The van der Waals surface area contributed by atoms with Gasteiger partial charge in [0.2, 0.25) is 10.6 Å². The van der Waals surface area contributed by atoms with Crippen molar-refractivity contribution in [2.45, 2.75) is 72.7 Å². The van der Waals surface area contributed by atoms with Crippen LogP contribution in [0.15, 0.2) is 67.3 Å². The Balaban J connectivity index is 1.09. The number of nitrogens with one attached hydrogen (secondary N) is 1. The summed E-state index contributed by atoms with van der Waals surface area (Å²) in [5.41, 5.74) is 9.85. The van der Waals surface area contributed by atoms with Gasteiger partial charge in [-0.05, 0) is 67.1 Å². The number of esters is 1. The summed E-state index contributed by atoms with van der Waals surface area (Å²) in [5.74, 6) is 2.80. The summed E-state index contributed by atoms with van der Waals surface area (Å²) in [6.45, 7) is 7.17. The molecule has 69 heavy (non-hydrogen) atoms. The van der Waals surface area contributed by atoms with Gasteiger partial charge in [-0.2, -0.15) is 17.0 Å². The molecule has 1 saturated heterocycles. The zero-order valence-corrected chi connectivity index (χ0v) is 41.9. The number of amides is 1. The number of fused-ring (bicyclic) bond motifs is 12. The van der Waals surface area contributed by atoms with Gasteiger partial charge in [0.15, 0.2) is 29.8 Å². The monoisotopic (exact) mass is 1020 g/mol. The van der Waals surface area contributed by atoms with Crippen LogP contribution in [0, 0.1) is 25.2 Å². The Morgan fingerprint density at radius 1 is 0.971 bits per heavy atom. The van der Waals surface area contributed by atoms with Crippen molar-refractivity contribution >= 4 is 58.6 Å². The Kier molecular flexibility index (Phi) is 14.4. The number of likely N-dealkylation sites (N-methyl/N-ethyl adjacent to an activating group) is 1. The Hall–Kier alpha value is -5.05. The predicted octanol–water partition coefficient (Wildman–Crippen LogP) is 8.91. The second kappa shape index (κ2) is 20.4. The van der Waals surface area contributed by atoms with Crippen LogP contribution >= 0.6 is 46.6 Å². The molecule has 1 amide bonds. The second-order valence-corrected chi connectivity index (χ2v) is 21.3. The van der Waals surface area contributed by atoms with Crippen LogP contribution < -0.4 is 29.0 Å². The number of halogens is 3. The Labute approximate surface area is 420 Å². The zero-order chi connectivity index (χ0) is 48.7. The van der Waals surface area contributed by atoms with Gasteiger partial charge in [-0.3, -0.25) is 9.80 Å². The van der Waals surface area contributed by atoms with Gasteiger partial charge in [0.1, 0.15) is 37.7 Å². The van der Waals surface area contributed by atoms with E-state index in [-0.39, 0.29) is 50.6 Å². The van der Waals surface area contributed by atoms with E-state index in [1.807, 2.05) is 45.2 Å². The first kappa shape index (κ1) is 49.0. The third-order valence-corrected chi connectivity index (χ3v) is 15.2. The number of aryl methyl sites for hydroxylation is 1. The molecule has 9 rings (SSSR count). The number of hydrogen-bond donors (Lipinski definition) is 1. The van der Waals surface area contributed by atoms with Crippen molar-refractivity contribution in [3.63, 3.8) is 0 Å². The smallest absolute Gasteiger partial charge is 0.408 e. The summed E-state index contributed by atoms with van der Waals surface area (Å²) >= 11 is 19.3. The Bertz CT molecular complexity index is 2650. The molecule has 2 bridgehead atoms. The van der Waals surface area contributed by atoms with E-state index < -0.39 is 46.6 Å². The van der Waals surface area contributed by atoms with Crippen molar-refractivity contribution < 1.29 is 47.5 Å². The van der Waals surface area contributed by atoms with Gasteiger partial charge in [-0.1, -0.05) is 102 Å². The van der Waals surface area contributed by atoms with E-state index in [9.17, 15) is 14.9 Å². The number of carbonyl (C=O) groups is 2. The van der Waals surface area contributed by atoms with Crippen molar-refractivity contribution in [3.05, 3.63) is 112 Å². The van der Waals surface area contributed by atoms with Crippen molar-refractivity contribution in [3.8, 4) is 45.9 Å². The number of ether oxygens (including phenoxy) is 8. The fourth-order valence-electron chi connectivity index (χ4n) is 11.1. The number of alkyl carbamates (subject to hydrolysis) is 1. The first-order chi connectivity index (χ1) is 33.3. The molecular formula is C51H53Cl3N4O10S. The maximum absolute atomic E-state index is 14.7. The maximum Gasteiger partial charge on any atom is 0.408 e. The van der Waals surface area contributed by atoms with Gasteiger partial charge < -0.3 is 43.2 Å². The minimum atomic E-state index is -1.88. The van der Waals surface area contributed by atoms with Gasteiger partial charge in [0, 0.05) is 58.9 Å². The van der Waals surface area contributed by atoms with Crippen molar-refractivity contribution in [2.75, 3.05) is 66.2 Å². The molecular weight excluding hydrogens is 967 g/mol. The Morgan fingerprint density at radius 2 is 1.68 bits per heavy atom. The normalized spacial score (nSPS) is 21.3. The average molecular weight is 1020 g/mol. The van der Waals surface area contributed by atoms with E-state index in [2.05, 4.69) is 58.1 Å². The highest BCUT2D eigenvalue weighted by Gasteiger charge is 2.57. The summed E-state index contributed by atoms with van der Waals surface area (Å²) in [6.07, 6.45) is 1.64. The molecule has 364 valence electrons. The first-order valence-electron chi connectivity index (χ1n) is 22.6. The summed E-state index contributed by atoms with van der Waals surface area (Å²) in [6, 6.07) is 17.7. The molecule has 5 aliphatic rings. The molecule has 0 aromatic heterocycles. The highest BCUT2D eigenvalue weighted by Crippen LogP contribution is 2.59. The van der Waals surface area contributed by atoms with E-state index in [1.165, 1.54) is 34.0 Å². The van der Waals surface area contributed by atoms with E-state index in [4.69, 9.17) is 72.7 Å². The molecule has 1 N–H and O–H groups in total. The molecule has 4 aromatic carbocycles. The number of benzene rings is 4. The summed E-state index contributed by atoms with van der Waals surface area (Å²) in [5, 5.41) is 14.0. The van der Waals surface area contributed by atoms with Crippen LogP contribution in [-0.2, 0) is 31.8 Å². The lowest BCUT2D eigenvalue weighted by atomic mass is 9.71. The number of methoxy groups -OCH3 is 2. The minimum absolute atomic E-state index is 0.0162. The van der Waals surface area contributed by atoms with E-state index in [0.717, 1.165) is 27.8 Å². The molecule has 4 heterocycles. The lowest BCUT2D eigenvalue weighted by Gasteiger charge is -2.60. The molecule has 1 aliphatic carbocycles. The lowest BCUT2D eigenvalue weighted by molar-refractivity contribution is -0.150. The molecule has 1 fully saturated rings. The van der Waals surface area contributed by atoms with Crippen molar-refractivity contribution in [2.24, 2.45) is 0 Å². The number of nitriles is 1.